The molecule has 0 amide bonds. The van der Waals surface area contributed by atoms with Crippen LogP contribution < -0.4 is 19.8 Å². The van der Waals surface area contributed by atoms with E-state index >= 15 is 0 Å². The molecule has 3 aromatic rings. The number of fused-ring (bicyclic) bond motifs is 2. The van der Waals surface area contributed by atoms with Crippen LogP contribution in [0.15, 0.2) is 47.5 Å². The largest absolute Gasteiger partial charge is 0.491 e. The quantitative estimate of drug-likeness (QED) is 0.753. The summed E-state index contributed by atoms with van der Waals surface area (Å²) in [5.74, 6) is 1.84. The van der Waals surface area contributed by atoms with E-state index in [1.165, 1.54) is 10.9 Å². The highest BCUT2D eigenvalue weighted by Gasteiger charge is 2.15. The van der Waals surface area contributed by atoms with Gasteiger partial charge >= 0.3 is 0 Å². The lowest BCUT2D eigenvalue weighted by atomic mass is 10.2. The fourth-order valence-electron chi connectivity index (χ4n) is 2.84. The maximum atomic E-state index is 12.6. The Morgan fingerprint density at radius 1 is 1.23 bits per heavy atom. The topological polar surface area (TPSA) is 82.8 Å². The molecule has 2 heterocycles. The number of hydrogen-bond acceptors (Lipinski definition) is 6. The second kappa shape index (κ2) is 6.68. The van der Waals surface area contributed by atoms with Crippen LogP contribution in [-0.2, 0) is 6.54 Å². The van der Waals surface area contributed by atoms with Gasteiger partial charge in [-0.05, 0) is 31.2 Å². The van der Waals surface area contributed by atoms with Crippen molar-refractivity contribution in [2.75, 3.05) is 13.4 Å². The number of aryl methyl sites for hydroxylation is 1. The van der Waals surface area contributed by atoms with Gasteiger partial charge in [0.05, 0.1) is 23.8 Å². The molecule has 1 aromatic heterocycles. The Balaban J connectivity index is 1.45. The highest BCUT2D eigenvalue weighted by atomic mass is 16.7. The number of hydrogen-bond donors (Lipinski definition) is 1. The summed E-state index contributed by atoms with van der Waals surface area (Å²) in [5.41, 5.74) is 1.45. The molecule has 1 aliphatic heterocycles. The number of aliphatic hydroxyl groups is 1. The van der Waals surface area contributed by atoms with E-state index in [0.717, 1.165) is 5.56 Å². The van der Waals surface area contributed by atoms with Gasteiger partial charge in [0.2, 0.25) is 6.79 Å². The third kappa shape index (κ3) is 3.21. The molecule has 134 valence electrons. The second-order valence-corrected chi connectivity index (χ2v) is 6.20. The molecule has 0 aliphatic carbocycles. The van der Waals surface area contributed by atoms with E-state index in [2.05, 4.69) is 4.98 Å². The molecule has 0 radical (unpaired) electrons. The predicted molar refractivity (Wildman–Crippen MR) is 94.8 cm³/mol. The van der Waals surface area contributed by atoms with Crippen LogP contribution in [0.4, 0.5) is 0 Å². The van der Waals surface area contributed by atoms with Gasteiger partial charge in [-0.2, -0.15) is 0 Å². The first-order valence-electron chi connectivity index (χ1n) is 8.26. The Labute approximate surface area is 149 Å². The average Bonchev–Trinajstić information content (AvgIpc) is 3.10. The summed E-state index contributed by atoms with van der Waals surface area (Å²) in [6.07, 6.45) is 0.589. The van der Waals surface area contributed by atoms with Crippen LogP contribution >= 0.6 is 0 Å². The number of aromatic nitrogens is 2. The smallest absolute Gasteiger partial charge is 0.261 e. The van der Waals surface area contributed by atoms with Gasteiger partial charge < -0.3 is 19.3 Å². The van der Waals surface area contributed by atoms with E-state index in [4.69, 9.17) is 14.2 Å². The molecule has 0 bridgehead atoms. The number of benzene rings is 2. The van der Waals surface area contributed by atoms with E-state index in [9.17, 15) is 9.90 Å². The zero-order chi connectivity index (χ0) is 18.1. The highest BCUT2D eigenvalue weighted by molar-refractivity contribution is 5.77. The van der Waals surface area contributed by atoms with Gasteiger partial charge in [-0.15, -0.1) is 0 Å². The third-order valence-electron chi connectivity index (χ3n) is 4.17. The monoisotopic (exact) mass is 354 g/mol. The van der Waals surface area contributed by atoms with Gasteiger partial charge in [0, 0.05) is 6.07 Å². The summed E-state index contributed by atoms with van der Waals surface area (Å²) in [6, 6.07) is 10.7. The second-order valence-electron chi connectivity index (χ2n) is 6.20. The number of rotatable bonds is 5. The maximum Gasteiger partial charge on any atom is 0.261 e. The summed E-state index contributed by atoms with van der Waals surface area (Å²) in [5, 5.41) is 10.8. The maximum absolute atomic E-state index is 12.6. The van der Waals surface area contributed by atoms with Crippen molar-refractivity contribution in [3.05, 3.63) is 58.6 Å². The molecule has 0 spiro atoms. The molecule has 0 saturated carbocycles. The molecule has 1 N–H and O–H groups in total. The molecule has 1 atom stereocenters. The fraction of sp³-hybridized carbons (Fsp3) is 0.263. The molecule has 0 saturated heterocycles. The number of ether oxygens (including phenoxy) is 3. The normalized spacial score (nSPS) is 13.8. The lowest BCUT2D eigenvalue weighted by Gasteiger charge is -2.14. The highest BCUT2D eigenvalue weighted by Crippen LogP contribution is 2.35. The van der Waals surface area contributed by atoms with Crippen LogP contribution in [0.3, 0.4) is 0 Å². The Hall–Kier alpha value is -3.06. The van der Waals surface area contributed by atoms with Gasteiger partial charge in [0.1, 0.15) is 18.5 Å². The summed E-state index contributed by atoms with van der Waals surface area (Å²) in [4.78, 5) is 16.8. The van der Waals surface area contributed by atoms with E-state index in [1.54, 1.807) is 24.3 Å². The third-order valence-corrected chi connectivity index (χ3v) is 4.17. The van der Waals surface area contributed by atoms with Gasteiger partial charge in [-0.3, -0.25) is 9.36 Å². The molecule has 7 heteroatoms. The number of nitrogens with zero attached hydrogens (tertiary/aromatic N) is 2. The lowest BCUT2D eigenvalue weighted by molar-refractivity contribution is 0.0913. The summed E-state index contributed by atoms with van der Waals surface area (Å²) in [6.45, 7) is 2.25. The van der Waals surface area contributed by atoms with Crippen molar-refractivity contribution in [3.8, 4) is 17.2 Å². The zero-order valence-corrected chi connectivity index (χ0v) is 14.2. The van der Waals surface area contributed by atoms with Crippen LogP contribution in [-0.4, -0.2) is 34.2 Å². The standard InChI is InChI=1S/C19H18N2O5/c1-12-2-4-16-15(6-12)19(23)21(10-20-16)8-13(22)9-24-14-3-5-17-18(7-14)26-11-25-17/h2-7,10,13,22H,8-9,11H2,1H3. The SMILES string of the molecule is Cc1ccc2ncn(CC(O)COc3ccc4c(c3)OCO4)c(=O)c2c1. The first-order chi connectivity index (χ1) is 12.6. The Bertz CT molecular complexity index is 1010. The zero-order valence-electron chi connectivity index (χ0n) is 14.2. The Morgan fingerprint density at radius 2 is 2.08 bits per heavy atom. The van der Waals surface area contributed by atoms with E-state index in [0.29, 0.717) is 28.2 Å². The minimum Gasteiger partial charge on any atom is -0.491 e. The van der Waals surface area contributed by atoms with E-state index < -0.39 is 6.10 Å². The first kappa shape index (κ1) is 16.4. The molecular formula is C19H18N2O5. The Morgan fingerprint density at radius 3 is 2.96 bits per heavy atom. The van der Waals surface area contributed by atoms with Gasteiger partial charge in [0.15, 0.2) is 11.5 Å². The molecule has 0 fully saturated rings. The van der Waals surface area contributed by atoms with Crippen LogP contribution in [0.2, 0.25) is 0 Å². The number of aliphatic hydroxyl groups excluding tert-OH is 1. The predicted octanol–water partition coefficient (Wildman–Crippen LogP) is 1.87. The Kier molecular flexibility index (Phi) is 4.22. The van der Waals surface area contributed by atoms with Crippen molar-refractivity contribution in [3.63, 3.8) is 0 Å². The average molecular weight is 354 g/mol. The van der Waals surface area contributed by atoms with Crippen LogP contribution in [0.25, 0.3) is 10.9 Å². The summed E-state index contributed by atoms with van der Waals surface area (Å²) < 4.78 is 17.5. The van der Waals surface area contributed by atoms with Crippen molar-refractivity contribution in [1.29, 1.82) is 0 Å². The van der Waals surface area contributed by atoms with E-state index in [1.807, 2.05) is 19.1 Å². The van der Waals surface area contributed by atoms with Crippen molar-refractivity contribution in [2.45, 2.75) is 19.6 Å². The first-order valence-corrected chi connectivity index (χ1v) is 8.26. The minimum absolute atomic E-state index is 0.0396. The van der Waals surface area contributed by atoms with Crippen LogP contribution in [0.1, 0.15) is 5.56 Å². The van der Waals surface area contributed by atoms with Crippen molar-refractivity contribution in [2.24, 2.45) is 0 Å². The van der Waals surface area contributed by atoms with Crippen molar-refractivity contribution in [1.82, 2.24) is 9.55 Å². The van der Waals surface area contributed by atoms with Gasteiger partial charge in [0.25, 0.3) is 5.56 Å². The molecule has 26 heavy (non-hydrogen) atoms. The van der Waals surface area contributed by atoms with Crippen molar-refractivity contribution >= 4 is 10.9 Å². The molecule has 7 nitrogen and oxygen atoms in total. The van der Waals surface area contributed by atoms with E-state index in [-0.39, 0.29) is 25.5 Å². The molecule has 2 aromatic carbocycles. The summed E-state index contributed by atoms with van der Waals surface area (Å²) >= 11 is 0. The van der Waals surface area contributed by atoms with Crippen LogP contribution in [0, 0.1) is 6.92 Å². The van der Waals surface area contributed by atoms with Gasteiger partial charge in [-0.25, -0.2) is 4.98 Å². The molecular weight excluding hydrogens is 336 g/mol. The van der Waals surface area contributed by atoms with Crippen LogP contribution in [0.5, 0.6) is 17.2 Å². The minimum atomic E-state index is -0.859. The lowest BCUT2D eigenvalue weighted by Crippen LogP contribution is -2.30. The van der Waals surface area contributed by atoms with Crippen molar-refractivity contribution < 1.29 is 19.3 Å². The molecule has 4 rings (SSSR count). The molecule has 1 unspecified atom stereocenters. The summed E-state index contributed by atoms with van der Waals surface area (Å²) in [7, 11) is 0. The fourth-order valence-corrected chi connectivity index (χ4v) is 2.84. The van der Waals surface area contributed by atoms with Gasteiger partial charge in [-0.1, -0.05) is 11.6 Å². The molecule has 1 aliphatic rings.